The molecule has 18 heavy (non-hydrogen) atoms. The number of pyridine rings is 1. The van der Waals surface area contributed by atoms with Crippen molar-refractivity contribution in [2.24, 2.45) is 5.92 Å². The Morgan fingerprint density at radius 3 is 2.78 bits per heavy atom. The molecule has 0 amide bonds. The van der Waals surface area contributed by atoms with Crippen LogP contribution in [0.3, 0.4) is 0 Å². The van der Waals surface area contributed by atoms with Crippen LogP contribution in [0.15, 0.2) is 17.2 Å². The van der Waals surface area contributed by atoms with Crippen molar-refractivity contribution in [2.45, 2.75) is 56.9 Å². The SMILES string of the molecule is CCNC1CCC(Sc2cc(C)cc(C)n2)C1C. The minimum Gasteiger partial charge on any atom is -0.314 e. The lowest BCUT2D eigenvalue weighted by Gasteiger charge is -2.20. The Kier molecular flexibility index (Phi) is 4.68. The summed E-state index contributed by atoms with van der Waals surface area (Å²) in [6.45, 7) is 9.88. The van der Waals surface area contributed by atoms with Gasteiger partial charge in [0.15, 0.2) is 0 Å². The molecule has 0 aromatic carbocycles. The Hall–Kier alpha value is -0.540. The Morgan fingerprint density at radius 1 is 1.33 bits per heavy atom. The number of nitrogens with one attached hydrogen (secondary N) is 1. The van der Waals surface area contributed by atoms with E-state index in [9.17, 15) is 0 Å². The standard InChI is InChI=1S/C15H24N2S/c1-5-16-13-6-7-14(12(13)4)18-15-9-10(2)8-11(3)17-15/h8-9,12-14,16H,5-7H2,1-4H3. The van der Waals surface area contributed by atoms with Crippen LogP contribution in [0.2, 0.25) is 0 Å². The Labute approximate surface area is 115 Å². The van der Waals surface area contributed by atoms with Gasteiger partial charge in [0, 0.05) is 17.0 Å². The zero-order valence-electron chi connectivity index (χ0n) is 11.9. The number of hydrogen-bond acceptors (Lipinski definition) is 3. The van der Waals surface area contributed by atoms with E-state index >= 15 is 0 Å². The van der Waals surface area contributed by atoms with Crippen molar-refractivity contribution in [3.63, 3.8) is 0 Å². The quantitative estimate of drug-likeness (QED) is 0.900. The van der Waals surface area contributed by atoms with Crippen molar-refractivity contribution < 1.29 is 0 Å². The highest BCUT2D eigenvalue weighted by molar-refractivity contribution is 7.99. The van der Waals surface area contributed by atoms with Crippen molar-refractivity contribution in [3.8, 4) is 0 Å². The molecule has 0 spiro atoms. The maximum atomic E-state index is 4.65. The molecule has 2 rings (SSSR count). The van der Waals surface area contributed by atoms with Gasteiger partial charge in [0.05, 0.1) is 5.03 Å². The summed E-state index contributed by atoms with van der Waals surface area (Å²) in [5.41, 5.74) is 2.45. The zero-order chi connectivity index (χ0) is 13.1. The lowest BCUT2D eigenvalue weighted by molar-refractivity contribution is 0.441. The molecular formula is C15H24N2S. The molecule has 1 aliphatic rings. The number of aromatic nitrogens is 1. The fourth-order valence-corrected chi connectivity index (χ4v) is 4.28. The lowest BCUT2D eigenvalue weighted by Crippen LogP contribution is -2.33. The van der Waals surface area contributed by atoms with E-state index in [1.54, 1.807) is 0 Å². The third kappa shape index (κ3) is 3.27. The van der Waals surface area contributed by atoms with E-state index in [2.05, 4.69) is 50.1 Å². The summed E-state index contributed by atoms with van der Waals surface area (Å²) in [7, 11) is 0. The first-order valence-electron chi connectivity index (χ1n) is 6.95. The highest BCUT2D eigenvalue weighted by Gasteiger charge is 2.32. The van der Waals surface area contributed by atoms with E-state index in [1.165, 1.54) is 23.4 Å². The maximum Gasteiger partial charge on any atom is 0.0968 e. The molecule has 0 radical (unpaired) electrons. The van der Waals surface area contributed by atoms with Gasteiger partial charge in [-0.25, -0.2) is 4.98 Å². The highest BCUT2D eigenvalue weighted by atomic mass is 32.2. The number of hydrogen-bond donors (Lipinski definition) is 1. The van der Waals surface area contributed by atoms with E-state index in [4.69, 9.17) is 0 Å². The Balaban J connectivity index is 2.01. The predicted octanol–water partition coefficient (Wildman–Crippen LogP) is 3.57. The second-order valence-corrected chi connectivity index (χ2v) is 6.64. The third-order valence-electron chi connectivity index (χ3n) is 3.80. The van der Waals surface area contributed by atoms with Gasteiger partial charge in [0.1, 0.15) is 0 Å². The van der Waals surface area contributed by atoms with Crippen LogP contribution < -0.4 is 5.32 Å². The van der Waals surface area contributed by atoms with Crippen molar-refractivity contribution in [3.05, 3.63) is 23.4 Å². The fraction of sp³-hybridized carbons (Fsp3) is 0.667. The third-order valence-corrected chi connectivity index (χ3v) is 5.21. The van der Waals surface area contributed by atoms with Crippen LogP contribution in [0.4, 0.5) is 0 Å². The van der Waals surface area contributed by atoms with E-state index in [0.717, 1.165) is 18.2 Å². The molecule has 3 heteroatoms. The topological polar surface area (TPSA) is 24.9 Å². The molecule has 1 saturated carbocycles. The van der Waals surface area contributed by atoms with E-state index in [1.807, 2.05) is 11.8 Å². The monoisotopic (exact) mass is 264 g/mol. The van der Waals surface area contributed by atoms with E-state index < -0.39 is 0 Å². The second-order valence-electron chi connectivity index (χ2n) is 5.38. The first-order chi connectivity index (χ1) is 8.60. The molecule has 2 nitrogen and oxygen atoms in total. The van der Waals surface area contributed by atoms with Crippen molar-refractivity contribution in [2.75, 3.05) is 6.54 Å². The molecule has 1 aliphatic carbocycles. The van der Waals surface area contributed by atoms with Crippen LogP contribution in [0, 0.1) is 19.8 Å². The van der Waals surface area contributed by atoms with Crippen LogP contribution in [-0.4, -0.2) is 22.8 Å². The van der Waals surface area contributed by atoms with Crippen molar-refractivity contribution >= 4 is 11.8 Å². The normalized spacial score (nSPS) is 27.7. The summed E-state index contributed by atoms with van der Waals surface area (Å²) < 4.78 is 0. The predicted molar refractivity (Wildman–Crippen MR) is 79.2 cm³/mol. The van der Waals surface area contributed by atoms with Crippen LogP contribution >= 0.6 is 11.8 Å². The van der Waals surface area contributed by atoms with Gasteiger partial charge >= 0.3 is 0 Å². The molecule has 1 heterocycles. The molecule has 1 fully saturated rings. The van der Waals surface area contributed by atoms with Crippen LogP contribution in [-0.2, 0) is 0 Å². The van der Waals surface area contributed by atoms with Gasteiger partial charge in [0.2, 0.25) is 0 Å². The van der Waals surface area contributed by atoms with E-state index in [0.29, 0.717) is 11.3 Å². The van der Waals surface area contributed by atoms with Gasteiger partial charge in [-0.15, -0.1) is 11.8 Å². The average molecular weight is 264 g/mol. The number of aryl methyl sites for hydroxylation is 2. The first-order valence-corrected chi connectivity index (χ1v) is 7.83. The minimum atomic E-state index is 0.693. The number of rotatable bonds is 4. The number of nitrogens with zero attached hydrogens (tertiary/aromatic N) is 1. The van der Waals surface area contributed by atoms with Gasteiger partial charge in [-0.05, 0) is 56.8 Å². The van der Waals surface area contributed by atoms with Crippen molar-refractivity contribution in [1.82, 2.24) is 10.3 Å². The molecule has 3 atom stereocenters. The summed E-state index contributed by atoms with van der Waals surface area (Å²) >= 11 is 1.97. The van der Waals surface area contributed by atoms with E-state index in [-0.39, 0.29) is 0 Å². The Morgan fingerprint density at radius 2 is 2.11 bits per heavy atom. The summed E-state index contributed by atoms with van der Waals surface area (Å²) in [5, 5.41) is 5.51. The second kappa shape index (κ2) is 6.07. The smallest absolute Gasteiger partial charge is 0.0968 e. The molecule has 1 aromatic heterocycles. The fourth-order valence-electron chi connectivity index (χ4n) is 2.86. The number of thioether (sulfide) groups is 1. The molecule has 0 saturated heterocycles. The van der Waals surface area contributed by atoms with Gasteiger partial charge < -0.3 is 5.32 Å². The van der Waals surface area contributed by atoms with Crippen molar-refractivity contribution in [1.29, 1.82) is 0 Å². The summed E-state index contributed by atoms with van der Waals surface area (Å²) in [4.78, 5) is 4.65. The van der Waals surface area contributed by atoms with Crippen LogP contribution in [0.1, 0.15) is 37.9 Å². The van der Waals surface area contributed by atoms with Crippen LogP contribution in [0.25, 0.3) is 0 Å². The van der Waals surface area contributed by atoms with Gasteiger partial charge in [-0.3, -0.25) is 0 Å². The molecular weight excluding hydrogens is 240 g/mol. The molecule has 1 N–H and O–H groups in total. The molecule has 3 unspecified atom stereocenters. The molecule has 0 bridgehead atoms. The zero-order valence-corrected chi connectivity index (χ0v) is 12.7. The molecule has 1 aromatic rings. The van der Waals surface area contributed by atoms with Gasteiger partial charge in [-0.2, -0.15) is 0 Å². The largest absolute Gasteiger partial charge is 0.314 e. The lowest BCUT2D eigenvalue weighted by atomic mass is 10.1. The summed E-state index contributed by atoms with van der Waals surface area (Å²) in [6, 6.07) is 5.05. The Bertz CT molecular complexity index is 385. The van der Waals surface area contributed by atoms with Gasteiger partial charge in [-0.1, -0.05) is 13.8 Å². The summed E-state index contributed by atoms with van der Waals surface area (Å²) in [6.07, 6.45) is 2.61. The highest BCUT2D eigenvalue weighted by Crippen LogP contribution is 2.38. The summed E-state index contributed by atoms with van der Waals surface area (Å²) in [5.74, 6) is 0.734. The first kappa shape index (κ1) is 13.9. The molecule has 100 valence electrons. The minimum absolute atomic E-state index is 0.693. The van der Waals surface area contributed by atoms with Gasteiger partial charge in [0.25, 0.3) is 0 Å². The molecule has 0 aliphatic heterocycles. The maximum absolute atomic E-state index is 4.65. The van der Waals surface area contributed by atoms with Crippen LogP contribution in [0.5, 0.6) is 0 Å². The average Bonchev–Trinajstić information content (AvgIpc) is 2.61.